The van der Waals surface area contributed by atoms with E-state index in [-0.39, 0.29) is 10.5 Å². The normalized spacial score (nSPS) is 24.4. The first-order chi connectivity index (χ1) is 14.5. The molecule has 158 valence electrons. The molecule has 30 heavy (non-hydrogen) atoms. The second-order valence-corrected chi connectivity index (χ2v) is 10.3. The molecule has 2 aliphatic heterocycles. The first-order valence-electron chi connectivity index (χ1n) is 10.2. The first-order valence-corrected chi connectivity index (χ1v) is 11.7. The van der Waals surface area contributed by atoms with Gasteiger partial charge in [0.25, 0.3) is 10.0 Å². The number of sulfonamides is 1. The second kappa shape index (κ2) is 7.37. The molecule has 5 rings (SSSR count). The summed E-state index contributed by atoms with van der Waals surface area (Å²) in [5.41, 5.74) is 1.96. The molecule has 1 aromatic carbocycles. The van der Waals surface area contributed by atoms with Gasteiger partial charge >= 0.3 is 0 Å². The fraction of sp³-hybridized carbons (Fsp3) is 0.409. The van der Waals surface area contributed by atoms with Crippen LogP contribution in [0.4, 0.5) is 0 Å². The largest absolute Gasteiger partial charge is 0.440 e. The quantitative estimate of drug-likeness (QED) is 0.650. The Kier molecular flexibility index (Phi) is 4.80. The van der Waals surface area contributed by atoms with Crippen LogP contribution < -0.4 is 5.32 Å². The van der Waals surface area contributed by atoms with Crippen LogP contribution in [-0.4, -0.2) is 44.1 Å². The molecule has 0 aliphatic carbocycles. The molecule has 0 amide bonds. The molecule has 0 radical (unpaired) electrons. The van der Waals surface area contributed by atoms with Gasteiger partial charge in [-0.1, -0.05) is 35.5 Å². The third-order valence-corrected chi connectivity index (χ3v) is 8.14. The van der Waals surface area contributed by atoms with E-state index in [1.165, 1.54) is 11.6 Å². The highest BCUT2D eigenvalue weighted by Crippen LogP contribution is 2.44. The number of aryl methyl sites for hydroxylation is 2. The zero-order chi connectivity index (χ0) is 20.8. The maximum absolute atomic E-state index is 13.3. The van der Waals surface area contributed by atoms with E-state index in [0.717, 1.165) is 25.9 Å². The van der Waals surface area contributed by atoms with E-state index >= 15 is 0 Å². The third-order valence-electron chi connectivity index (χ3n) is 6.45. The molecule has 2 saturated heterocycles. The molecule has 3 aromatic rings. The van der Waals surface area contributed by atoms with E-state index in [1.807, 2.05) is 18.2 Å². The van der Waals surface area contributed by atoms with Crippen LogP contribution >= 0.6 is 0 Å². The zero-order valence-corrected chi connectivity index (χ0v) is 17.7. The smallest absolute Gasteiger partial charge is 0.276 e. The predicted octanol–water partition coefficient (Wildman–Crippen LogP) is 3.09. The van der Waals surface area contributed by atoms with Gasteiger partial charge < -0.3 is 14.3 Å². The third kappa shape index (κ3) is 3.38. The summed E-state index contributed by atoms with van der Waals surface area (Å²) in [6, 6.07) is 15.2. The van der Waals surface area contributed by atoms with Crippen LogP contribution in [0.25, 0.3) is 11.5 Å². The lowest BCUT2D eigenvalue weighted by molar-refractivity contribution is 0.264. The van der Waals surface area contributed by atoms with E-state index in [1.54, 1.807) is 23.4 Å². The van der Waals surface area contributed by atoms with Gasteiger partial charge in [-0.25, -0.2) is 8.42 Å². The average Bonchev–Trinajstić information content (AvgIpc) is 3.50. The molecule has 2 unspecified atom stereocenters. The predicted molar refractivity (Wildman–Crippen MR) is 111 cm³/mol. The van der Waals surface area contributed by atoms with Crippen LogP contribution in [-0.2, 0) is 16.4 Å². The van der Waals surface area contributed by atoms with Crippen molar-refractivity contribution in [3.8, 4) is 11.5 Å². The Balaban J connectivity index is 1.35. The van der Waals surface area contributed by atoms with Gasteiger partial charge in [0.2, 0.25) is 10.9 Å². The summed E-state index contributed by atoms with van der Waals surface area (Å²) in [7, 11) is -3.71. The van der Waals surface area contributed by atoms with Crippen LogP contribution in [0.1, 0.15) is 17.7 Å². The summed E-state index contributed by atoms with van der Waals surface area (Å²) < 4.78 is 39.0. The van der Waals surface area contributed by atoms with Crippen LogP contribution in [0.15, 0.2) is 62.6 Å². The molecule has 4 heterocycles. The molecule has 1 N–H and O–H groups in total. The van der Waals surface area contributed by atoms with Gasteiger partial charge in [-0.05, 0) is 49.9 Å². The Hall–Kier alpha value is -2.42. The molecule has 2 aromatic heterocycles. The molecule has 0 bridgehead atoms. The number of hydrogen-bond acceptors (Lipinski definition) is 6. The minimum atomic E-state index is -3.71. The van der Waals surface area contributed by atoms with E-state index in [0.29, 0.717) is 36.2 Å². The average molecular weight is 428 g/mol. The topological polar surface area (TPSA) is 88.6 Å². The van der Waals surface area contributed by atoms with Crippen molar-refractivity contribution in [2.75, 3.05) is 26.2 Å². The fourth-order valence-electron chi connectivity index (χ4n) is 4.75. The molecular formula is C22H25N3O4S. The minimum Gasteiger partial charge on any atom is -0.440 e. The number of furan rings is 1. The summed E-state index contributed by atoms with van der Waals surface area (Å²) in [5.74, 6) is 1.10. The van der Waals surface area contributed by atoms with Crippen LogP contribution in [0.3, 0.4) is 0 Å². The van der Waals surface area contributed by atoms with Crippen molar-refractivity contribution in [3.63, 3.8) is 0 Å². The summed E-state index contributed by atoms with van der Waals surface area (Å²) >= 11 is 0. The Morgan fingerprint density at radius 1 is 1.20 bits per heavy atom. The van der Waals surface area contributed by atoms with Crippen molar-refractivity contribution in [2.24, 2.45) is 11.3 Å². The van der Waals surface area contributed by atoms with Gasteiger partial charge in [0.15, 0.2) is 5.76 Å². The van der Waals surface area contributed by atoms with Gasteiger partial charge in [-0.2, -0.15) is 4.31 Å². The zero-order valence-electron chi connectivity index (χ0n) is 16.9. The van der Waals surface area contributed by atoms with Crippen molar-refractivity contribution in [1.29, 1.82) is 0 Å². The van der Waals surface area contributed by atoms with E-state index in [2.05, 4.69) is 22.6 Å². The number of aromatic nitrogens is 1. The standard InChI is InChI=1S/C22H25N3O4S/c1-16-11-20(29-24-16)19-7-8-21(28-19)30(26,27)25-13-18-12-23-14-22(18,15-25)10-9-17-5-3-2-4-6-17/h2-8,11,18,23H,9-10,12-15H2,1H3. The van der Waals surface area contributed by atoms with Crippen molar-refractivity contribution < 1.29 is 17.4 Å². The van der Waals surface area contributed by atoms with E-state index < -0.39 is 10.0 Å². The first kappa shape index (κ1) is 19.5. The molecule has 2 atom stereocenters. The van der Waals surface area contributed by atoms with Gasteiger partial charge in [-0.15, -0.1) is 0 Å². The van der Waals surface area contributed by atoms with Crippen molar-refractivity contribution in [2.45, 2.75) is 24.9 Å². The number of nitrogens with one attached hydrogen (secondary N) is 1. The maximum atomic E-state index is 13.3. The lowest BCUT2D eigenvalue weighted by Crippen LogP contribution is -2.35. The highest BCUT2D eigenvalue weighted by atomic mass is 32.2. The Morgan fingerprint density at radius 2 is 2.03 bits per heavy atom. The lowest BCUT2D eigenvalue weighted by atomic mass is 9.76. The van der Waals surface area contributed by atoms with Gasteiger partial charge in [-0.3, -0.25) is 0 Å². The van der Waals surface area contributed by atoms with Gasteiger partial charge in [0.05, 0.1) is 5.69 Å². The highest BCUT2D eigenvalue weighted by Gasteiger charge is 2.52. The number of fused-ring (bicyclic) bond motifs is 1. The molecule has 8 heteroatoms. The number of hydrogen-bond donors (Lipinski definition) is 1. The van der Waals surface area contributed by atoms with Crippen molar-refractivity contribution >= 4 is 10.0 Å². The molecule has 2 aliphatic rings. The number of benzene rings is 1. The minimum absolute atomic E-state index is 0.0413. The van der Waals surface area contributed by atoms with Crippen molar-refractivity contribution in [3.05, 3.63) is 59.8 Å². The molecular weight excluding hydrogens is 402 g/mol. The van der Waals surface area contributed by atoms with E-state index in [4.69, 9.17) is 8.94 Å². The molecule has 7 nitrogen and oxygen atoms in total. The maximum Gasteiger partial charge on any atom is 0.276 e. The molecule has 0 saturated carbocycles. The Bertz CT molecular complexity index is 1140. The fourth-order valence-corrected chi connectivity index (χ4v) is 6.24. The van der Waals surface area contributed by atoms with Crippen molar-refractivity contribution in [1.82, 2.24) is 14.8 Å². The van der Waals surface area contributed by atoms with Crippen LogP contribution in [0.5, 0.6) is 0 Å². The SMILES string of the molecule is Cc1cc(-c2ccc(S(=O)(=O)N3CC4CNCC4(CCc4ccccc4)C3)o2)on1. The second-order valence-electron chi connectivity index (χ2n) is 8.42. The van der Waals surface area contributed by atoms with E-state index in [9.17, 15) is 8.42 Å². The number of rotatable bonds is 6. The monoisotopic (exact) mass is 427 g/mol. The summed E-state index contributed by atoms with van der Waals surface area (Å²) in [5, 5.41) is 7.27. The van der Waals surface area contributed by atoms with Gasteiger partial charge in [0, 0.05) is 31.1 Å². The lowest BCUT2D eigenvalue weighted by Gasteiger charge is -2.28. The summed E-state index contributed by atoms with van der Waals surface area (Å²) in [4.78, 5) is 0. The highest BCUT2D eigenvalue weighted by molar-refractivity contribution is 7.89. The van der Waals surface area contributed by atoms with Crippen LogP contribution in [0.2, 0.25) is 0 Å². The summed E-state index contributed by atoms with van der Waals surface area (Å²) in [6.07, 6.45) is 1.91. The molecule has 2 fully saturated rings. The Labute approximate surface area is 176 Å². The Morgan fingerprint density at radius 3 is 2.80 bits per heavy atom. The van der Waals surface area contributed by atoms with Gasteiger partial charge in [0.1, 0.15) is 0 Å². The van der Waals surface area contributed by atoms with Crippen LogP contribution in [0, 0.1) is 18.3 Å². The summed E-state index contributed by atoms with van der Waals surface area (Å²) in [6.45, 7) is 4.52. The molecule has 0 spiro atoms. The number of nitrogens with zero attached hydrogens (tertiary/aromatic N) is 2.